The molecule has 0 aliphatic carbocycles. The molecule has 1 saturated heterocycles. The molecule has 1 aliphatic rings. The van der Waals surface area contributed by atoms with Gasteiger partial charge < -0.3 is 14.2 Å². The summed E-state index contributed by atoms with van der Waals surface area (Å²) in [5.41, 5.74) is 2.15. The van der Waals surface area contributed by atoms with Gasteiger partial charge in [0.15, 0.2) is 11.5 Å². The first-order valence-electron chi connectivity index (χ1n) is 10.3. The highest BCUT2D eigenvalue weighted by Gasteiger charge is 2.41. The third kappa shape index (κ3) is 5.48. The van der Waals surface area contributed by atoms with E-state index in [0.717, 1.165) is 27.8 Å². The monoisotopic (exact) mass is 485 g/mol. The standard InChI is InChI=1S/C25H24FNO6S/c1-5-6-18-11-17(13-21-23(28)27(25(30)34-21)15(2)24(29)32-4)12-20(31-3)22(18)33-14-16-7-9-19(26)10-8-16/h5,7-13,15H,1,6,14H2,2-4H3/b21-13+/t15-/m1/s1. The molecule has 0 unspecified atom stereocenters. The van der Waals surface area contributed by atoms with Crippen molar-refractivity contribution in [3.8, 4) is 11.5 Å². The molecule has 34 heavy (non-hydrogen) atoms. The summed E-state index contributed by atoms with van der Waals surface area (Å²) in [6, 6.07) is 8.45. The molecular formula is C25H24FNO6S. The Kier molecular flexibility index (Phi) is 8.12. The van der Waals surface area contributed by atoms with Crippen LogP contribution in [0.25, 0.3) is 6.08 Å². The number of methoxy groups -OCH3 is 2. The molecule has 0 spiro atoms. The molecule has 2 aromatic rings. The summed E-state index contributed by atoms with van der Waals surface area (Å²) in [5.74, 6) is -0.662. The minimum absolute atomic E-state index is 0.173. The fraction of sp³-hybridized carbons (Fsp3) is 0.240. The smallest absolute Gasteiger partial charge is 0.328 e. The van der Waals surface area contributed by atoms with Crippen molar-refractivity contribution in [1.29, 1.82) is 0 Å². The number of hydrogen-bond donors (Lipinski definition) is 0. The van der Waals surface area contributed by atoms with Gasteiger partial charge in [0.05, 0.1) is 19.1 Å². The van der Waals surface area contributed by atoms with Gasteiger partial charge in [-0.1, -0.05) is 18.2 Å². The van der Waals surface area contributed by atoms with Gasteiger partial charge in [0.25, 0.3) is 11.1 Å². The van der Waals surface area contributed by atoms with E-state index in [1.807, 2.05) is 6.07 Å². The fourth-order valence-corrected chi connectivity index (χ4v) is 4.27. The van der Waals surface area contributed by atoms with Crippen LogP contribution in [0.3, 0.4) is 0 Å². The first-order chi connectivity index (χ1) is 16.3. The third-order valence-electron chi connectivity index (χ3n) is 5.09. The van der Waals surface area contributed by atoms with Crippen LogP contribution >= 0.6 is 11.8 Å². The maximum atomic E-state index is 13.2. The number of hydrogen-bond acceptors (Lipinski definition) is 7. The van der Waals surface area contributed by atoms with Crippen LogP contribution in [-0.4, -0.2) is 42.3 Å². The van der Waals surface area contributed by atoms with E-state index < -0.39 is 23.2 Å². The number of esters is 1. The van der Waals surface area contributed by atoms with Crippen LogP contribution in [0.1, 0.15) is 23.6 Å². The van der Waals surface area contributed by atoms with Gasteiger partial charge in [-0.15, -0.1) is 6.58 Å². The van der Waals surface area contributed by atoms with Gasteiger partial charge >= 0.3 is 5.97 Å². The maximum absolute atomic E-state index is 13.2. The van der Waals surface area contributed by atoms with E-state index in [-0.39, 0.29) is 17.3 Å². The number of nitrogens with zero attached hydrogens (tertiary/aromatic N) is 1. The summed E-state index contributed by atoms with van der Waals surface area (Å²) in [6.45, 7) is 5.42. The van der Waals surface area contributed by atoms with Crippen LogP contribution in [0, 0.1) is 5.82 Å². The number of allylic oxidation sites excluding steroid dienone is 1. The average Bonchev–Trinajstić information content (AvgIpc) is 3.10. The molecule has 2 amide bonds. The quantitative estimate of drug-likeness (QED) is 0.288. The molecule has 1 atom stereocenters. The molecule has 0 saturated carbocycles. The summed E-state index contributed by atoms with van der Waals surface area (Å²) in [4.78, 5) is 38.1. The van der Waals surface area contributed by atoms with E-state index >= 15 is 0 Å². The first-order valence-corrected chi connectivity index (χ1v) is 11.1. The molecule has 1 fully saturated rings. The molecular weight excluding hydrogens is 461 g/mol. The van der Waals surface area contributed by atoms with Crippen LogP contribution in [0.4, 0.5) is 9.18 Å². The molecule has 1 heterocycles. The second-order valence-electron chi connectivity index (χ2n) is 7.37. The van der Waals surface area contributed by atoms with Crippen LogP contribution in [0.2, 0.25) is 0 Å². The van der Waals surface area contributed by atoms with Crippen molar-refractivity contribution in [2.45, 2.75) is 26.0 Å². The van der Waals surface area contributed by atoms with E-state index in [4.69, 9.17) is 9.47 Å². The number of amides is 2. The van der Waals surface area contributed by atoms with E-state index in [9.17, 15) is 18.8 Å². The minimum atomic E-state index is -1.03. The number of benzene rings is 2. The molecule has 0 N–H and O–H groups in total. The topological polar surface area (TPSA) is 82.1 Å². The maximum Gasteiger partial charge on any atom is 0.328 e. The number of imide groups is 1. The Morgan fingerprint density at radius 2 is 1.91 bits per heavy atom. The Bertz CT molecular complexity index is 1140. The molecule has 7 nitrogen and oxygen atoms in total. The number of carbonyl (C=O) groups is 3. The van der Waals surface area contributed by atoms with Gasteiger partial charge in [-0.3, -0.25) is 14.5 Å². The Hall–Kier alpha value is -3.59. The summed E-state index contributed by atoms with van der Waals surface area (Å²) in [7, 11) is 2.69. The Labute approximate surface area is 201 Å². The molecule has 0 aromatic heterocycles. The summed E-state index contributed by atoms with van der Waals surface area (Å²) in [6.07, 6.45) is 3.72. The van der Waals surface area contributed by atoms with Gasteiger partial charge in [-0.25, -0.2) is 9.18 Å². The van der Waals surface area contributed by atoms with E-state index in [1.165, 1.54) is 33.3 Å². The lowest BCUT2D eigenvalue weighted by Gasteiger charge is -2.18. The van der Waals surface area contributed by atoms with E-state index in [0.29, 0.717) is 23.5 Å². The zero-order valence-electron chi connectivity index (χ0n) is 19.0. The molecule has 3 rings (SSSR count). The van der Waals surface area contributed by atoms with Crippen molar-refractivity contribution in [3.63, 3.8) is 0 Å². The van der Waals surface area contributed by atoms with Gasteiger partial charge in [-0.05, 0) is 66.6 Å². The Balaban J connectivity index is 1.91. The average molecular weight is 486 g/mol. The highest BCUT2D eigenvalue weighted by atomic mass is 32.2. The molecule has 9 heteroatoms. The lowest BCUT2D eigenvalue weighted by Crippen LogP contribution is -2.42. The summed E-state index contributed by atoms with van der Waals surface area (Å²) in [5, 5.41) is -0.549. The lowest BCUT2D eigenvalue weighted by molar-refractivity contribution is -0.148. The van der Waals surface area contributed by atoms with Crippen molar-refractivity contribution >= 4 is 35.0 Å². The van der Waals surface area contributed by atoms with Crippen molar-refractivity contribution in [3.05, 3.63) is 76.5 Å². The zero-order chi connectivity index (χ0) is 24.8. The van der Waals surface area contributed by atoms with Gasteiger partial charge in [-0.2, -0.15) is 0 Å². The predicted molar refractivity (Wildman–Crippen MR) is 127 cm³/mol. The van der Waals surface area contributed by atoms with Crippen molar-refractivity contribution in [2.24, 2.45) is 0 Å². The number of ether oxygens (including phenoxy) is 3. The van der Waals surface area contributed by atoms with Crippen LogP contribution in [0.15, 0.2) is 54.0 Å². The molecule has 2 aromatic carbocycles. The van der Waals surface area contributed by atoms with Crippen molar-refractivity contribution < 1.29 is 33.0 Å². The Morgan fingerprint density at radius 1 is 1.21 bits per heavy atom. The van der Waals surface area contributed by atoms with Crippen LogP contribution in [-0.2, 0) is 27.4 Å². The number of thioether (sulfide) groups is 1. The second kappa shape index (κ2) is 11.0. The molecule has 1 aliphatic heterocycles. The first kappa shape index (κ1) is 25.0. The van der Waals surface area contributed by atoms with Gasteiger partial charge in [0.2, 0.25) is 0 Å². The highest BCUT2D eigenvalue weighted by Crippen LogP contribution is 2.38. The van der Waals surface area contributed by atoms with E-state index in [2.05, 4.69) is 11.3 Å². The Morgan fingerprint density at radius 3 is 2.53 bits per heavy atom. The van der Waals surface area contributed by atoms with Crippen LogP contribution < -0.4 is 9.47 Å². The van der Waals surface area contributed by atoms with Crippen LogP contribution in [0.5, 0.6) is 11.5 Å². The normalized spacial score (nSPS) is 15.4. The highest BCUT2D eigenvalue weighted by molar-refractivity contribution is 8.18. The SMILES string of the molecule is C=CCc1cc(/C=C2/SC(=O)N([C@H](C)C(=O)OC)C2=O)cc(OC)c1OCc1ccc(F)cc1. The molecule has 178 valence electrons. The molecule has 0 radical (unpaired) electrons. The van der Waals surface area contributed by atoms with Crippen molar-refractivity contribution in [1.82, 2.24) is 4.90 Å². The molecule has 0 bridgehead atoms. The largest absolute Gasteiger partial charge is 0.493 e. The lowest BCUT2D eigenvalue weighted by atomic mass is 10.0. The predicted octanol–water partition coefficient (Wildman–Crippen LogP) is 4.74. The third-order valence-corrected chi connectivity index (χ3v) is 5.97. The number of carbonyl (C=O) groups excluding carboxylic acids is 3. The van der Waals surface area contributed by atoms with Crippen molar-refractivity contribution in [2.75, 3.05) is 14.2 Å². The van der Waals surface area contributed by atoms with Gasteiger partial charge in [0.1, 0.15) is 18.5 Å². The summed E-state index contributed by atoms with van der Waals surface area (Å²) < 4.78 is 29.3. The number of rotatable bonds is 9. The van der Waals surface area contributed by atoms with E-state index in [1.54, 1.807) is 30.4 Å². The zero-order valence-corrected chi connectivity index (χ0v) is 19.8. The fourth-order valence-electron chi connectivity index (χ4n) is 3.37. The van der Waals surface area contributed by atoms with Gasteiger partial charge in [0, 0.05) is 5.56 Å². The summed E-state index contributed by atoms with van der Waals surface area (Å²) >= 11 is 0.746. The minimum Gasteiger partial charge on any atom is -0.493 e. The second-order valence-corrected chi connectivity index (χ2v) is 8.36. The number of halogens is 1.